The lowest BCUT2D eigenvalue weighted by Crippen LogP contribution is -3.14. The second-order valence-corrected chi connectivity index (χ2v) is 5.68. The molecule has 4 N–H and O–H groups in total. The maximum Gasteiger partial charge on any atom is 0.292 e. The number of carbonyl (C=O) groups excluding carboxylic acids is 2. The summed E-state index contributed by atoms with van der Waals surface area (Å²) >= 11 is 0. The number of aliphatic carboxylic acids is 1. The number of rotatable bonds is 11. The summed E-state index contributed by atoms with van der Waals surface area (Å²) < 4.78 is 0. The lowest BCUT2D eigenvalue weighted by atomic mass is 10.2. The molecular formula is C16H25N4O5+. The number of anilines is 1. The Morgan fingerprint density at radius 2 is 1.92 bits per heavy atom. The first-order valence-corrected chi connectivity index (χ1v) is 8.30. The van der Waals surface area contributed by atoms with Crippen molar-refractivity contribution in [1.29, 1.82) is 0 Å². The molecule has 0 aromatic heterocycles. The molecule has 0 spiro atoms. The summed E-state index contributed by atoms with van der Waals surface area (Å²) in [6, 6.07) is 4.68. The molecular weight excluding hydrogens is 328 g/mol. The van der Waals surface area contributed by atoms with E-state index in [1.165, 1.54) is 23.1 Å². The number of carboxylic acids is 1. The van der Waals surface area contributed by atoms with Gasteiger partial charge in [0.1, 0.15) is 24.8 Å². The standard InChI is InChI=1S/C16H24N4O5/c1-3-19(4-2)10-9-17-13(16(22)23)11-15(21)18-12-7-5-6-8-14(12)20(24)25/h5-8,13,17H,3-4,9-11H2,1-2H3,(H,18,21)(H,22,23)/p+1/t13-/m1/s1. The third-order valence-corrected chi connectivity index (χ3v) is 4.03. The maximum atomic E-state index is 12.1. The average molecular weight is 353 g/mol. The van der Waals surface area contributed by atoms with Gasteiger partial charge in [-0.2, -0.15) is 0 Å². The summed E-state index contributed by atoms with van der Waals surface area (Å²) in [6.07, 6.45) is -0.317. The molecule has 9 nitrogen and oxygen atoms in total. The number of likely N-dealkylation sites (N-methyl/N-ethyl adjacent to an activating group) is 1. The molecule has 0 aliphatic carbocycles. The second-order valence-electron chi connectivity index (χ2n) is 5.68. The van der Waals surface area contributed by atoms with Crippen LogP contribution in [0.2, 0.25) is 0 Å². The number of carboxylic acid groups (broad SMARTS) is 1. The van der Waals surface area contributed by atoms with Gasteiger partial charge in [-0.15, -0.1) is 0 Å². The van der Waals surface area contributed by atoms with Crippen LogP contribution >= 0.6 is 0 Å². The van der Waals surface area contributed by atoms with Gasteiger partial charge in [-0.1, -0.05) is 12.1 Å². The van der Waals surface area contributed by atoms with Crippen molar-refractivity contribution in [2.75, 3.05) is 31.5 Å². The van der Waals surface area contributed by atoms with Crippen LogP contribution in [-0.4, -0.2) is 49.0 Å². The van der Waals surface area contributed by atoms with Crippen LogP contribution < -0.4 is 20.6 Å². The topological polar surface area (TPSA) is 133 Å². The summed E-state index contributed by atoms with van der Waals surface area (Å²) in [5.41, 5.74) is -0.197. The zero-order chi connectivity index (χ0) is 18.8. The normalized spacial score (nSPS) is 12.0. The van der Waals surface area contributed by atoms with E-state index in [1.807, 2.05) is 0 Å². The highest BCUT2D eigenvalue weighted by Crippen LogP contribution is 2.23. The van der Waals surface area contributed by atoms with Crippen LogP contribution in [0.15, 0.2) is 24.3 Å². The predicted molar refractivity (Wildman–Crippen MR) is 88.8 cm³/mol. The molecule has 0 aliphatic rings. The van der Waals surface area contributed by atoms with Crippen molar-refractivity contribution in [3.05, 3.63) is 34.4 Å². The van der Waals surface area contributed by atoms with Gasteiger partial charge in [-0.05, 0) is 19.9 Å². The molecule has 1 amide bonds. The number of nitro benzene ring substituents is 1. The van der Waals surface area contributed by atoms with Gasteiger partial charge in [0.15, 0.2) is 0 Å². The summed E-state index contributed by atoms with van der Waals surface area (Å²) in [4.78, 5) is 35.0. The number of nitro groups is 1. The number of quaternary nitrogens is 2. The molecule has 0 aliphatic heterocycles. The molecule has 0 saturated heterocycles. The quantitative estimate of drug-likeness (QED) is 0.299. The zero-order valence-corrected chi connectivity index (χ0v) is 14.5. The van der Waals surface area contributed by atoms with Gasteiger partial charge in [-0.25, -0.2) is 0 Å². The number of carbonyl (C=O) groups is 2. The third-order valence-electron chi connectivity index (χ3n) is 4.03. The molecule has 138 valence electrons. The first-order chi connectivity index (χ1) is 11.9. The van der Waals surface area contributed by atoms with Crippen molar-refractivity contribution in [1.82, 2.24) is 0 Å². The minimum atomic E-state index is -1.33. The predicted octanol–water partition coefficient (Wildman–Crippen LogP) is -2.47. The molecule has 1 aromatic rings. The van der Waals surface area contributed by atoms with Crippen LogP contribution in [0.5, 0.6) is 0 Å². The van der Waals surface area contributed by atoms with Crippen LogP contribution in [0.1, 0.15) is 20.3 Å². The van der Waals surface area contributed by atoms with Gasteiger partial charge in [-0.3, -0.25) is 14.9 Å². The first-order valence-electron chi connectivity index (χ1n) is 8.30. The molecule has 1 aromatic carbocycles. The molecule has 0 radical (unpaired) electrons. The number of para-hydroxylation sites is 2. The maximum absolute atomic E-state index is 12.1. The Balaban J connectivity index is 2.62. The Labute approximate surface area is 146 Å². The average Bonchev–Trinajstić information content (AvgIpc) is 2.57. The van der Waals surface area contributed by atoms with Crippen LogP contribution in [0.25, 0.3) is 0 Å². The van der Waals surface area contributed by atoms with Crippen molar-refractivity contribution >= 4 is 23.3 Å². The van der Waals surface area contributed by atoms with Crippen LogP contribution in [-0.2, 0) is 9.59 Å². The summed E-state index contributed by atoms with van der Waals surface area (Å²) in [7, 11) is 0. The van der Waals surface area contributed by atoms with Gasteiger partial charge < -0.3 is 25.4 Å². The van der Waals surface area contributed by atoms with Crippen LogP contribution in [0, 0.1) is 10.1 Å². The fourth-order valence-corrected chi connectivity index (χ4v) is 2.49. The van der Waals surface area contributed by atoms with Gasteiger partial charge in [0.05, 0.1) is 30.4 Å². The number of nitrogens with two attached hydrogens (primary N) is 1. The largest absolute Gasteiger partial charge is 0.544 e. The molecule has 1 rings (SSSR count). The van der Waals surface area contributed by atoms with E-state index >= 15 is 0 Å². The number of hydrogen-bond donors (Lipinski definition) is 3. The van der Waals surface area contributed by atoms with E-state index < -0.39 is 22.8 Å². The number of nitrogens with zero attached hydrogens (tertiary/aromatic N) is 1. The molecule has 0 bridgehead atoms. The molecule has 0 heterocycles. The summed E-state index contributed by atoms with van der Waals surface area (Å²) in [5, 5.41) is 26.1. The third kappa shape index (κ3) is 6.86. The Morgan fingerprint density at radius 3 is 2.48 bits per heavy atom. The van der Waals surface area contributed by atoms with E-state index in [0.717, 1.165) is 19.6 Å². The molecule has 0 fully saturated rings. The van der Waals surface area contributed by atoms with Crippen molar-refractivity contribution in [2.45, 2.75) is 26.3 Å². The van der Waals surface area contributed by atoms with Crippen LogP contribution in [0.4, 0.5) is 11.4 Å². The number of nitrogens with one attached hydrogen (secondary N) is 2. The summed E-state index contributed by atoms with van der Waals surface area (Å²) in [5.74, 6) is -1.93. The Morgan fingerprint density at radius 1 is 1.28 bits per heavy atom. The van der Waals surface area contributed by atoms with Crippen molar-refractivity contribution in [3.63, 3.8) is 0 Å². The number of amides is 1. The first kappa shape index (κ1) is 20.5. The molecule has 25 heavy (non-hydrogen) atoms. The second kappa shape index (κ2) is 10.4. The molecule has 0 saturated carbocycles. The minimum absolute atomic E-state index is 0.0437. The van der Waals surface area contributed by atoms with E-state index in [-0.39, 0.29) is 17.8 Å². The van der Waals surface area contributed by atoms with Crippen molar-refractivity contribution in [2.24, 2.45) is 0 Å². The van der Waals surface area contributed by atoms with Gasteiger partial charge in [0.25, 0.3) is 5.69 Å². The highest BCUT2D eigenvalue weighted by molar-refractivity contribution is 5.95. The van der Waals surface area contributed by atoms with E-state index in [0.29, 0.717) is 6.54 Å². The fraction of sp³-hybridized carbons (Fsp3) is 0.500. The summed E-state index contributed by atoms with van der Waals surface area (Å²) in [6.45, 7) is 7.32. The van der Waals surface area contributed by atoms with Gasteiger partial charge >= 0.3 is 0 Å². The SMILES string of the molecule is CC[NH+](CC)CC[NH2+][C@H](CC(=O)Nc1ccccc1[N+](=O)[O-])C(=O)[O-]. The van der Waals surface area contributed by atoms with E-state index in [4.69, 9.17) is 0 Å². The Bertz CT molecular complexity index is 604. The number of hydrogen-bond acceptors (Lipinski definition) is 5. The molecule has 0 unspecified atom stereocenters. The van der Waals surface area contributed by atoms with E-state index in [9.17, 15) is 24.8 Å². The minimum Gasteiger partial charge on any atom is -0.544 e. The van der Waals surface area contributed by atoms with Crippen LogP contribution in [0.3, 0.4) is 0 Å². The Kier molecular flexibility index (Phi) is 8.51. The highest BCUT2D eigenvalue weighted by Gasteiger charge is 2.21. The Hall–Kier alpha value is -2.52. The number of benzene rings is 1. The highest BCUT2D eigenvalue weighted by atomic mass is 16.6. The molecule has 1 atom stereocenters. The lowest BCUT2D eigenvalue weighted by molar-refractivity contribution is -0.910. The molecule has 9 heteroatoms. The fourth-order valence-electron chi connectivity index (χ4n) is 2.49. The lowest BCUT2D eigenvalue weighted by Gasteiger charge is -2.19. The van der Waals surface area contributed by atoms with Crippen molar-refractivity contribution in [3.8, 4) is 0 Å². The van der Waals surface area contributed by atoms with Gasteiger partial charge in [0.2, 0.25) is 5.91 Å². The van der Waals surface area contributed by atoms with Crippen molar-refractivity contribution < 1.29 is 29.8 Å². The van der Waals surface area contributed by atoms with Gasteiger partial charge in [0, 0.05) is 6.07 Å². The van der Waals surface area contributed by atoms with E-state index in [1.54, 1.807) is 11.4 Å². The zero-order valence-electron chi connectivity index (χ0n) is 14.5. The smallest absolute Gasteiger partial charge is 0.292 e. The monoisotopic (exact) mass is 353 g/mol. The van der Waals surface area contributed by atoms with E-state index in [2.05, 4.69) is 19.2 Å².